The SMILES string of the molecule is CC12C3C14C2C34C12C3C4(C)C1C342. The van der Waals surface area contributed by atoms with Crippen LogP contribution in [-0.4, -0.2) is 0 Å². The largest absolute Gasteiger partial charge is 0.0584 e. The van der Waals surface area contributed by atoms with Crippen LogP contribution in [0.3, 0.4) is 0 Å². The highest BCUT2D eigenvalue weighted by molar-refractivity contribution is 5.95. The Morgan fingerprint density at radius 3 is 1.00 bits per heavy atom. The fourth-order valence-electron chi connectivity index (χ4n) is 9.30. The maximum absolute atomic E-state index is 2.57. The Morgan fingerprint density at radius 2 is 0.833 bits per heavy atom. The van der Waals surface area contributed by atoms with Crippen molar-refractivity contribution in [2.75, 3.05) is 0 Å². The molecule has 0 amide bonds. The molecule has 4 atom stereocenters. The van der Waals surface area contributed by atoms with Gasteiger partial charge in [-0.1, -0.05) is 13.8 Å². The molecular formula is C12H10. The molecule has 8 rings (SSSR count). The van der Waals surface area contributed by atoms with Gasteiger partial charge in [0, 0.05) is 0 Å². The molecule has 8 saturated carbocycles. The van der Waals surface area contributed by atoms with Crippen LogP contribution in [0.1, 0.15) is 13.8 Å². The third-order valence-corrected chi connectivity index (χ3v) is 9.21. The van der Waals surface area contributed by atoms with Gasteiger partial charge in [0.1, 0.15) is 0 Å². The molecular weight excluding hydrogens is 144 g/mol. The van der Waals surface area contributed by atoms with Crippen LogP contribution in [-0.2, 0) is 0 Å². The lowest BCUT2D eigenvalue weighted by atomic mass is 9.58. The van der Waals surface area contributed by atoms with Crippen LogP contribution in [0.5, 0.6) is 0 Å². The van der Waals surface area contributed by atoms with Gasteiger partial charge in [0.25, 0.3) is 0 Å². The van der Waals surface area contributed by atoms with E-state index in [-0.39, 0.29) is 0 Å². The van der Waals surface area contributed by atoms with E-state index >= 15 is 0 Å². The molecule has 0 saturated heterocycles. The second kappa shape index (κ2) is 0.477. The molecule has 2 spiro atoms. The summed E-state index contributed by atoms with van der Waals surface area (Å²) in [5.74, 6) is 5.28. The summed E-state index contributed by atoms with van der Waals surface area (Å²) >= 11 is 0. The first-order valence-electron chi connectivity index (χ1n) is 5.71. The molecule has 0 nitrogen and oxygen atoms in total. The van der Waals surface area contributed by atoms with E-state index in [9.17, 15) is 0 Å². The van der Waals surface area contributed by atoms with Gasteiger partial charge in [0.2, 0.25) is 0 Å². The van der Waals surface area contributed by atoms with E-state index in [2.05, 4.69) is 13.8 Å². The van der Waals surface area contributed by atoms with Crippen molar-refractivity contribution in [3.8, 4) is 0 Å². The Morgan fingerprint density at radius 1 is 0.583 bits per heavy atom. The molecule has 12 heavy (non-hydrogen) atoms. The summed E-state index contributed by atoms with van der Waals surface area (Å²) in [5, 5.41) is 0. The lowest BCUT2D eigenvalue weighted by Gasteiger charge is -2.45. The Labute approximate surface area is 70.7 Å². The minimum Gasteiger partial charge on any atom is -0.0584 e. The van der Waals surface area contributed by atoms with E-state index in [1.165, 1.54) is 23.7 Å². The van der Waals surface area contributed by atoms with E-state index in [4.69, 9.17) is 0 Å². The zero-order valence-electron chi connectivity index (χ0n) is 7.31. The molecule has 4 unspecified atom stereocenters. The van der Waals surface area contributed by atoms with Gasteiger partial charge in [-0.2, -0.15) is 0 Å². The normalized spacial score (nSPS) is 132. The highest BCUT2D eigenvalue weighted by Gasteiger charge is 3.50. The summed E-state index contributed by atoms with van der Waals surface area (Å²) in [6.45, 7) is 5.14. The quantitative estimate of drug-likeness (QED) is 0.537. The third kappa shape index (κ3) is 0.0794. The van der Waals surface area contributed by atoms with Crippen molar-refractivity contribution in [1.82, 2.24) is 0 Å². The molecule has 58 valence electrons. The maximum Gasteiger partial charge on any atom is -0.00818 e. The number of hydrogen-bond acceptors (Lipinski definition) is 0. The van der Waals surface area contributed by atoms with Crippen molar-refractivity contribution in [1.29, 1.82) is 0 Å². The second-order valence-corrected chi connectivity index (χ2v) is 7.77. The minimum atomic E-state index is 0.999. The van der Waals surface area contributed by atoms with Gasteiger partial charge in [0.05, 0.1) is 0 Å². The minimum absolute atomic E-state index is 0.999. The lowest BCUT2D eigenvalue weighted by molar-refractivity contribution is 0.000127. The summed E-state index contributed by atoms with van der Waals surface area (Å²) in [6.07, 6.45) is 0. The van der Waals surface area contributed by atoms with E-state index < -0.39 is 0 Å². The Hall–Kier alpha value is 0. The van der Waals surface area contributed by atoms with Crippen LogP contribution >= 0.6 is 0 Å². The van der Waals surface area contributed by atoms with Gasteiger partial charge in [-0.3, -0.25) is 0 Å². The zero-order valence-corrected chi connectivity index (χ0v) is 7.31. The number of hydrogen-bond donors (Lipinski definition) is 0. The Balaban J connectivity index is 1.49. The predicted molar refractivity (Wildman–Crippen MR) is 39.9 cm³/mol. The molecule has 0 heterocycles. The second-order valence-electron chi connectivity index (χ2n) is 7.77. The zero-order chi connectivity index (χ0) is 7.31. The topological polar surface area (TPSA) is 0 Å². The van der Waals surface area contributed by atoms with Crippen LogP contribution in [0.2, 0.25) is 0 Å². The standard InChI is InChI=1S/C12H10/c1-7-3-9(7)4(7)11(3,9)12-5-8(2)6(12)10(5,8)12/h3-6H,1-2H3. The van der Waals surface area contributed by atoms with Gasteiger partial charge >= 0.3 is 0 Å². The molecule has 0 radical (unpaired) electrons. The average molecular weight is 154 g/mol. The lowest BCUT2D eigenvalue weighted by Crippen LogP contribution is -2.43. The van der Waals surface area contributed by atoms with Crippen LogP contribution in [0.25, 0.3) is 0 Å². The van der Waals surface area contributed by atoms with Gasteiger partial charge in [0.15, 0.2) is 0 Å². The average Bonchev–Trinajstić information content (AvgIpc) is 2.67. The van der Waals surface area contributed by atoms with Gasteiger partial charge in [-0.15, -0.1) is 0 Å². The van der Waals surface area contributed by atoms with Crippen molar-refractivity contribution in [3.63, 3.8) is 0 Å². The van der Waals surface area contributed by atoms with Crippen LogP contribution in [0.4, 0.5) is 0 Å². The fourth-order valence-corrected chi connectivity index (χ4v) is 9.30. The van der Waals surface area contributed by atoms with Crippen LogP contribution in [0.15, 0.2) is 0 Å². The number of fused-ring (bicyclic) bond motifs is 9. The van der Waals surface area contributed by atoms with Crippen LogP contribution < -0.4 is 0 Å². The van der Waals surface area contributed by atoms with Crippen molar-refractivity contribution in [3.05, 3.63) is 0 Å². The molecule has 0 heteroatoms. The van der Waals surface area contributed by atoms with Gasteiger partial charge < -0.3 is 0 Å². The number of rotatable bonds is 1. The highest BCUT2D eigenvalue weighted by Crippen LogP contribution is 3.52. The monoisotopic (exact) mass is 154 g/mol. The molecule has 8 fully saturated rings. The summed E-state index contributed by atoms with van der Waals surface area (Å²) in [6, 6.07) is 0. The van der Waals surface area contributed by atoms with E-state index in [1.54, 1.807) is 0 Å². The van der Waals surface area contributed by atoms with Crippen LogP contribution in [0, 0.1) is 56.2 Å². The van der Waals surface area contributed by atoms with Crippen molar-refractivity contribution < 1.29 is 0 Å². The first-order valence-corrected chi connectivity index (χ1v) is 5.71. The van der Waals surface area contributed by atoms with Crippen molar-refractivity contribution in [2.24, 2.45) is 56.2 Å². The summed E-state index contributed by atoms with van der Waals surface area (Å²) in [4.78, 5) is 0. The maximum atomic E-state index is 2.57. The smallest absolute Gasteiger partial charge is 0.00818 e. The molecule has 0 aliphatic heterocycles. The third-order valence-electron chi connectivity index (χ3n) is 9.21. The van der Waals surface area contributed by atoms with E-state index in [0.717, 1.165) is 32.5 Å². The van der Waals surface area contributed by atoms with Crippen molar-refractivity contribution in [2.45, 2.75) is 13.8 Å². The molecule has 0 bridgehead atoms. The van der Waals surface area contributed by atoms with Gasteiger partial charge in [-0.25, -0.2) is 0 Å². The molecule has 8 aliphatic carbocycles. The Bertz CT molecular complexity index is 452. The Kier molecular flexibility index (Phi) is 0.160. The summed E-state index contributed by atoms with van der Waals surface area (Å²) < 4.78 is 0. The predicted octanol–water partition coefficient (Wildman–Crippen LogP) is 1.52. The summed E-state index contributed by atoms with van der Waals surface area (Å²) in [7, 11) is 0. The molecule has 0 aromatic heterocycles. The molecule has 0 aromatic rings. The summed E-state index contributed by atoms with van der Waals surface area (Å²) in [5.41, 5.74) is 6.41. The van der Waals surface area contributed by atoms with E-state index in [1.807, 2.05) is 0 Å². The fraction of sp³-hybridized carbons (Fsp3) is 1.00. The first-order chi connectivity index (χ1) is 5.71. The van der Waals surface area contributed by atoms with Gasteiger partial charge in [-0.05, 0) is 56.2 Å². The highest BCUT2D eigenvalue weighted by atomic mass is 15.5. The van der Waals surface area contributed by atoms with E-state index in [0.29, 0.717) is 0 Å². The first kappa shape index (κ1) is 4.02. The molecule has 8 aliphatic rings. The molecule has 0 aromatic carbocycles. The van der Waals surface area contributed by atoms with Crippen molar-refractivity contribution >= 4 is 0 Å². The molecule has 0 N–H and O–H groups in total.